The molecule has 2 heterocycles. The molecule has 1 aliphatic heterocycles. The Kier molecular flexibility index (Phi) is 2.37. The van der Waals surface area contributed by atoms with Gasteiger partial charge >= 0.3 is 0 Å². The van der Waals surface area contributed by atoms with Gasteiger partial charge in [0.15, 0.2) is 12.2 Å². The van der Waals surface area contributed by atoms with Gasteiger partial charge in [-0.15, -0.1) is 0 Å². The molecular weight excluding hydrogens is 200 g/mol. The van der Waals surface area contributed by atoms with E-state index in [2.05, 4.69) is 28.1 Å². The molecule has 0 saturated carbocycles. The van der Waals surface area contributed by atoms with Crippen molar-refractivity contribution in [1.82, 2.24) is 4.98 Å². The molecular formula is C13H14N2O. The SMILES string of the molecule is c1ccc(N2CCCC2)c(-c2cnco2)c1. The zero-order chi connectivity index (χ0) is 10.8. The third-order valence-electron chi connectivity index (χ3n) is 3.05. The quantitative estimate of drug-likeness (QED) is 0.769. The van der Waals surface area contributed by atoms with Crippen molar-refractivity contribution < 1.29 is 4.42 Å². The van der Waals surface area contributed by atoms with Gasteiger partial charge in [0.1, 0.15) is 0 Å². The monoisotopic (exact) mass is 214 g/mol. The van der Waals surface area contributed by atoms with E-state index in [1.54, 1.807) is 6.20 Å². The number of nitrogens with zero attached hydrogens (tertiary/aromatic N) is 2. The van der Waals surface area contributed by atoms with Gasteiger partial charge in [0.2, 0.25) is 0 Å². The first kappa shape index (κ1) is 9.46. The molecule has 82 valence electrons. The van der Waals surface area contributed by atoms with Crippen LogP contribution in [0.1, 0.15) is 12.8 Å². The van der Waals surface area contributed by atoms with Gasteiger partial charge < -0.3 is 9.32 Å². The van der Waals surface area contributed by atoms with E-state index in [0.29, 0.717) is 0 Å². The summed E-state index contributed by atoms with van der Waals surface area (Å²) in [6.07, 6.45) is 5.82. The number of aromatic nitrogens is 1. The first-order valence-electron chi connectivity index (χ1n) is 5.68. The van der Waals surface area contributed by atoms with Gasteiger partial charge in [-0.1, -0.05) is 12.1 Å². The molecule has 0 amide bonds. The van der Waals surface area contributed by atoms with Crippen LogP contribution in [0.25, 0.3) is 11.3 Å². The fourth-order valence-corrected chi connectivity index (χ4v) is 2.26. The molecule has 0 unspecified atom stereocenters. The molecule has 3 heteroatoms. The second kappa shape index (κ2) is 4.00. The van der Waals surface area contributed by atoms with Gasteiger partial charge in [0, 0.05) is 24.3 Å². The van der Waals surface area contributed by atoms with Crippen molar-refractivity contribution in [2.45, 2.75) is 12.8 Å². The first-order valence-corrected chi connectivity index (χ1v) is 5.68. The number of hydrogen-bond donors (Lipinski definition) is 0. The summed E-state index contributed by atoms with van der Waals surface area (Å²) in [5.41, 5.74) is 2.40. The summed E-state index contributed by atoms with van der Waals surface area (Å²) in [7, 11) is 0. The third kappa shape index (κ3) is 1.58. The Bertz CT molecular complexity index is 459. The molecule has 16 heavy (non-hydrogen) atoms. The predicted molar refractivity (Wildman–Crippen MR) is 63.4 cm³/mol. The van der Waals surface area contributed by atoms with Crippen molar-refractivity contribution in [2.75, 3.05) is 18.0 Å². The second-order valence-corrected chi connectivity index (χ2v) is 4.08. The minimum Gasteiger partial charge on any atom is -0.443 e. The molecule has 1 aromatic carbocycles. The summed E-state index contributed by atoms with van der Waals surface area (Å²) < 4.78 is 5.38. The van der Waals surface area contributed by atoms with Crippen LogP contribution >= 0.6 is 0 Å². The van der Waals surface area contributed by atoms with Gasteiger partial charge in [-0.25, -0.2) is 4.98 Å². The van der Waals surface area contributed by atoms with Crippen molar-refractivity contribution in [2.24, 2.45) is 0 Å². The van der Waals surface area contributed by atoms with Crippen molar-refractivity contribution >= 4 is 5.69 Å². The zero-order valence-corrected chi connectivity index (χ0v) is 9.10. The van der Waals surface area contributed by atoms with Crippen LogP contribution in [0.2, 0.25) is 0 Å². The number of rotatable bonds is 2. The van der Waals surface area contributed by atoms with Crippen LogP contribution in [-0.4, -0.2) is 18.1 Å². The average Bonchev–Trinajstić information content (AvgIpc) is 3.03. The smallest absolute Gasteiger partial charge is 0.181 e. The summed E-state index contributed by atoms with van der Waals surface area (Å²) in [5.74, 6) is 0.850. The predicted octanol–water partition coefficient (Wildman–Crippen LogP) is 2.94. The molecule has 3 nitrogen and oxygen atoms in total. The Balaban J connectivity index is 2.04. The van der Waals surface area contributed by atoms with Crippen molar-refractivity contribution in [1.29, 1.82) is 0 Å². The van der Waals surface area contributed by atoms with E-state index in [4.69, 9.17) is 4.42 Å². The molecule has 2 aromatic rings. The lowest BCUT2D eigenvalue weighted by Crippen LogP contribution is -2.18. The van der Waals surface area contributed by atoms with Crippen molar-refractivity contribution in [3.8, 4) is 11.3 Å². The second-order valence-electron chi connectivity index (χ2n) is 4.08. The minimum atomic E-state index is 0.850. The number of para-hydroxylation sites is 1. The van der Waals surface area contributed by atoms with Gasteiger partial charge in [-0.05, 0) is 25.0 Å². The van der Waals surface area contributed by atoms with E-state index in [1.165, 1.54) is 24.9 Å². The average molecular weight is 214 g/mol. The maximum Gasteiger partial charge on any atom is 0.181 e. The minimum absolute atomic E-state index is 0.850. The Morgan fingerprint density at radius 1 is 1.12 bits per heavy atom. The molecule has 1 fully saturated rings. The van der Waals surface area contributed by atoms with Crippen LogP contribution in [0, 0.1) is 0 Å². The lowest BCUT2D eigenvalue weighted by Gasteiger charge is -2.20. The van der Waals surface area contributed by atoms with Crippen LogP contribution in [0.15, 0.2) is 41.3 Å². The lowest BCUT2D eigenvalue weighted by atomic mass is 10.1. The van der Waals surface area contributed by atoms with E-state index in [1.807, 2.05) is 6.07 Å². The van der Waals surface area contributed by atoms with E-state index < -0.39 is 0 Å². The standard InChI is InChI=1S/C13H14N2O/c1-2-6-12(15-7-3-4-8-15)11(5-1)13-9-14-10-16-13/h1-2,5-6,9-10H,3-4,7-8H2. The summed E-state index contributed by atoms with van der Waals surface area (Å²) in [6, 6.07) is 8.36. The van der Waals surface area contributed by atoms with Crippen LogP contribution in [0.4, 0.5) is 5.69 Å². The molecule has 0 bridgehead atoms. The summed E-state index contributed by atoms with van der Waals surface area (Å²) in [4.78, 5) is 6.40. The molecule has 3 rings (SSSR count). The molecule has 0 aliphatic carbocycles. The summed E-state index contributed by atoms with van der Waals surface area (Å²) in [5, 5.41) is 0. The van der Waals surface area contributed by atoms with E-state index >= 15 is 0 Å². The number of benzene rings is 1. The van der Waals surface area contributed by atoms with E-state index in [-0.39, 0.29) is 0 Å². The third-order valence-corrected chi connectivity index (χ3v) is 3.05. The highest BCUT2D eigenvalue weighted by Gasteiger charge is 2.17. The Hall–Kier alpha value is -1.77. The number of oxazole rings is 1. The molecule has 0 N–H and O–H groups in total. The summed E-state index contributed by atoms with van der Waals surface area (Å²) >= 11 is 0. The Morgan fingerprint density at radius 3 is 2.69 bits per heavy atom. The van der Waals surface area contributed by atoms with Crippen LogP contribution < -0.4 is 4.90 Å². The van der Waals surface area contributed by atoms with E-state index in [0.717, 1.165) is 24.4 Å². The maximum absolute atomic E-state index is 5.38. The number of anilines is 1. The molecule has 1 saturated heterocycles. The molecule has 0 atom stereocenters. The lowest BCUT2D eigenvalue weighted by molar-refractivity contribution is 0.572. The normalized spacial score (nSPS) is 15.6. The largest absolute Gasteiger partial charge is 0.443 e. The van der Waals surface area contributed by atoms with Crippen molar-refractivity contribution in [3.05, 3.63) is 36.9 Å². The first-order chi connectivity index (χ1) is 7.95. The van der Waals surface area contributed by atoms with Gasteiger partial charge in [0.25, 0.3) is 0 Å². The van der Waals surface area contributed by atoms with E-state index in [9.17, 15) is 0 Å². The van der Waals surface area contributed by atoms with Crippen LogP contribution in [0.3, 0.4) is 0 Å². The highest BCUT2D eigenvalue weighted by Crippen LogP contribution is 2.32. The van der Waals surface area contributed by atoms with Crippen LogP contribution in [0.5, 0.6) is 0 Å². The fourth-order valence-electron chi connectivity index (χ4n) is 2.26. The maximum atomic E-state index is 5.38. The fraction of sp³-hybridized carbons (Fsp3) is 0.308. The van der Waals surface area contributed by atoms with Crippen molar-refractivity contribution in [3.63, 3.8) is 0 Å². The van der Waals surface area contributed by atoms with Gasteiger partial charge in [0.05, 0.1) is 6.20 Å². The molecule has 1 aromatic heterocycles. The van der Waals surface area contributed by atoms with Crippen LogP contribution in [-0.2, 0) is 0 Å². The molecule has 0 spiro atoms. The summed E-state index contributed by atoms with van der Waals surface area (Å²) in [6.45, 7) is 2.29. The van der Waals surface area contributed by atoms with Gasteiger partial charge in [-0.3, -0.25) is 0 Å². The molecule has 0 radical (unpaired) electrons. The topological polar surface area (TPSA) is 29.3 Å². The zero-order valence-electron chi connectivity index (χ0n) is 9.10. The highest BCUT2D eigenvalue weighted by atomic mass is 16.3. The Morgan fingerprint density at radius 2 is 1.94 bits per heavy atom. The number of hydrogen-bond acceptors (Lipinski definition) is 3. The van der Waals surface area contributed by atoms with Gasteiger partial charge in [-0.2, -0.15) is 0 Å². The Labute approximate surface area is 94.7 Å². The molecule has 1 aliphatic rings. The highest BCUT2D eigenvalue weighted by molar-refractivity contribution is 5.75.